The van der Waals surface area contributed by atoms with Gasteiger partial charge in [-0.3, -0.25) is 4.68 Å². The largest absolute Gasteiger partial charge is 0.273 e. The second-order valence-corrected chi connectivity index (χ2v) is 1.36. The van der Waals surface area contributed by atoms with Crippen LogP contribution < -0.4 is 0 Å². The highest BCUT2D eigenvalue weighted by molar-refractivity contribution is 4.76. The number of hydrogen-bond acceptors (Lipinski definition) is 1. The lowest BCUT2D eigenvalue weighted by Crippen LogP contribution is -1.91. The van der Waals surface area contributed by atoms with E-state index in [-0.39, 0.29) is 0 Å². The molecule has 0 aliphatic carbocycles. The average molecular weight is 126 g/mol. The highest BCUT2D eigenvalue weighted by Crippen LogP contribution is 1.79. The molecule has 1 aromatic rings. The molecule has 2 heteroatoms. The Kier molecular flexibility index (Phi) is 4.88. The molecular weight excluding hydrogens is 112 g/mol. The Hall–Kier alpha value is -0.790. The van der Waals surface area contributed by atoms with Crippen molar-refractivity contribution in [1.82, 2.24) is 9.78 Å². The molecule has 0 aliphatic rings. The Bertz CT molecular complexity index is 121. The summed E-state index contributed by atoms with van der Waals surface area (Å²) >= 11 is 0. The molecule has 52 valence electrons. The van der Waals surface area contributed by atoms with E-state index in [0.29, 0.717) is 0 Å². The Morgan fingerprint density at radius 3 is 2.33 bits per heavy atom. The first-order valence-corrected chi connectivity index (χ1v) is 3.41. The van der Waals surface area contributed by atoms with Crippen molar-refractivity contribution in [2.75, 3.05) is 0 Å². The van der Waals surface area contributed by atoms with E-state index < -0.39 is 0 Å². The number of aryl methyl sites for hydroxylation is 1. The lowest BCUT2D eigenvalue weighted by atomic mass is 10.7. The minimum Gasteiger partial charge on any atom is -0.273 e. The standard InChI is InChI=1S/C5H8N2.C2H6/c1-2-7-5-3-4-6-7;1-2/h3-5H,2H2,1H3;1-2H3. The van der Waals surface area contributed by atoms with Crippen LogP contribution in [0.2, 0.25) is 0 Å². The second-order valence-electron chi connectivity index (χ2n) is 1.36. The number of hydrogen-bond donors (Lipinski definition) is 0. The van der Waals surface area contributed by atoms with Crippen LogP contribution in [0.5, 0.6) is 0 Å². The minimum atomic E-state index is 0.965. The van der Waals surface area contributed by atoms with Crippen molar-refractivity contribution in [1.29, 1.82) is 0 Å². The number of rotatable bonds is 1. The normalized spacial score (nSPS) is 7.89. The Morgan fingerprint density at radius 1 is 1.44 bits per heavy atom. The molecule has 1 rings (SSSR count). The molecule has 0 N–H and O–H groups in total. The van der Waals surface area contributed by atoms with Gasteiger partial charge in [0, 0.05) is 18.9 Å². The van der Waals surface area contributed by atoms with Crippen LogP contribution in [0.1, 0.15) is 20.8 Å². The summed E-state index contributed by atoms with van der Waals surface area (Å²) in [5.41, 5.74) is 0. The van der Waals surface area contributed by atoms with Crippen molar-refractivity contribution in [3.8, 4) is 0 Å². The first-order chi connectivity index (χ1) is 4.43. The molecule has 0 saturated carbocycles. The molecule has 0 bridgehead atoms. The fourth-order valence-corrected chi connectivity index (χ4v) is 0.488. The average Bonchev–Trinajstić information content (AvgIpc) is 2.43. The third-order valence-electron chi connectivity index (χ3n) is 0.883. The maximum absolute atomic E-state index is 3.95. The van der Waals surface area contributed by atoms with Gasteiger partial charge in [0.1, 0.15) is 0 Å². The van der Waals surface area contributed by atoms with Crippen LogP contribution in [-0.2, 0) is 6.54 Å². The lowest BCUT2D eigenvalue weighted by Gasteiger charge is -1.87. The molecule has 9 heavy (non-hydrogen) atoms. The molecule has 0 spiro atoms. The molecule has 0 amide bonds. The van der Waals surface area contributed by atoms with Crippen LogP contribution in [0.25, 0.3) is 0 Å². The summed E-state index contributed by atoms with van der Waals surface area (Å²) in [6, 6.07) is 1.92. The van der Waals surface area contributed by atoms with E-state index in [1.165, 1.54) is 0 Å². The lowest BCUT2D eigenvalue weighted by molar-refractivity contribution is 0.660. The molecule has 2 nitrogen and oxygen atoms in total. The van der Waals surface area contributed by atoms with Crippen LogP contribution in [-0.4, -0.2) is 9.78 Å². The van der Waals surface area contributed by atoms with E-state index >= 15 is 0 Å². The van der Waals surface area contributed by atoms with Crippen LogP contribution >= 0.6 is 0 Å². The van der Waals surface area contributed by atoms with Gasteiger partial charge in [-0.2, -0.15) is 5.10 Å². The smallest absolute Gasteiger partial charge is 0.0489 e. The van der Waals surface area contributed by atoms with E-state index in [9.17, 15) is 0 Å². The first kappa shape index (κ1) is 8.21. The van der Waals surface area contributed by atoms with Crippen LogP contribution in [0.4, 0.5) is 0 Å². The molecule has 1 aromatic heterocycles. The maximum atomic E-state index is 3.95. The van der Waals surface area contributed by atoms with Gasteiger partial charge < -0.3 is 0 Å². The minimum absolute atomic E-state index is 0.965. The van der Waals surface area contributed by atoms with Crippen LogP contribution in [0.15, 0.2) is 18.5 Å². The summed E-state index contributed by atoms with van der Waals surface area (Å²) < 4.78 is 1.88. The van der Waals surface area contributed by atoms with E-state index in [2.05, 4.69) is 12.0 Å². The van der Waals surface area contributed by atoms with Crippen LogP contribution in [0, 0.1) is 0 Å². The Balaban J connectivity index is 0.000000291. The summed E-state index contributed by atoms with van der Waals surface area (Å²) in [6.45, 7) is 7.03. The van der Waals surface area contributed by atoms with Gasteiger partial charge >= 0.3 is 0 Å². The summed E-state index contributed by atoms with van der Waals surface area (Å²) in [5, 5.41) is 3.95. The molecular formula is C7H14N2. The van der Waals surface area contributed by atoms with E-state index in [4.69, 9.17) is 0 Å². The first-order valence-electron chi connectivity index (χ1n) is 3.41. The van der Waals surface area contributed by atoms with Gasteiger partial charge in [0.05, 0.1) is 0 Å². The van der Waals surface area contributed by atoms with Gasteiger partial charge in [-0.1, -0.05) is 13.8 Å². The van der Waals surface area contributed by atoms with Gasteiger partial charge in [0.25, 0.3) is 0 Å². The van der Waals surface area contributed by atoms with Gasteiger partial charge in [0.15, 0.2) is 0 Å². The molecule has 0 fully saturated rings. The van der Waals surface area contributed by atoms with Gasteiger partial charge in [0.2, 0.25) is 0 Å². The molecule has 0 saturated heterocycles. The molecule has 1 heterocycles. The zero-order chi connectivity index (χ0) is 7.11. The van der Waals surface area contributed by atoms with E-state index in [0.717, 1.165) is 6.54 Å². The molecule has 0 atom stereocenters. The quantitative estimate of drug-likeness (QED) is 0.562. The zero-order valence-corrected chi connectivity index (χ0v) is 6.33. The van der Waals surface area contributed by atoms with Crippen molar-refractivity contribution >= 4 is 0 Å². The summed E-state index contributed by atoms with van der Waals surface area (Å²) in [6.07, 6.45) is 3.73. The fraction of sp³-hybridized carbons (Fsp3) is 0.571. The van der Waals surface area contributed by atoms with Gasteiger partial charge in [-0.25, -0.2) is 0 Å². The van der Waals surface area contributed by atoms with Crippen molar-refractivity contribution in [2.45, 2.75) is 27.3 Å². The summed E-state index contributed by atoms with van der Waals surface area (Å²) in [5.74, 6) is 0. The van der Waals surface area contributed by atoms with E-state index in [1.807, 2.05) is 30.8 Å². The zero-order valence-electron chi connectivity index (χ0n) is 6.33. The topological polar surface area (TPSA) is 17.8 Å². The Morgan fingerprint density at radius 2 is 2.11 bits per heavy atom. The van der Waals surface area contributed by atoms with Crippen LogP contribution in [0.3, 0.4) is 0 Å². The number of aromatic nitrogens is 2. The Labute approximate surface area is 56.5 Å². The number of nitrogens with zero attached hydrogens (tertiary/aromatic N) is 2. The summed E-state index contributed by atoms with van der Waals surface area (Å²) in [4.78, 5) is 0. The highest BCUT2D eigenvalue weighted by Gasteiger charge is 1.77. The maximum Gasteiger partial charge on any atom is 0.0489 e. The van der Waals surface area contributed by atoms with Crippen molar-refractivity contribution in [3.05, 3.63) is 18.5 Å². The molecule has 0 unspecified atom stereocenters. The predicted molar refractivity (Wildman–Crippen MR) is 39.2 cm³/mol. The monoisotopic (exact) mass is 126 g/mol. The molecule has 0 aromatic carbocycles. The van der Waals surface area contributed by atoms with Gasteiger partial charge in [-0.15, -0.1) is 0 Å². The highest BCUT2D eigenvalue weighted by atomic mass is 15.2. The van der Waals surface area contributed by atoms with Crippen molar-refractivity contribution < 1.29 is 0 Å². The molecule has 0 aliphatic heterocycles. The second kappa shape index (κ2) is 5.35. The third kappa shape index (κ3) is 2.90. The van der Waals surface area contributed by atoms with Crippen molar-refractivity contribution in [2.24, 2.45) is 0 Å². The van der Waals surface area contributed by atoms with Gasteiger partial charge in [-0.05, 0) is 13.0 Å². The van der Waals surface area contributed by atoms with Crippen molar-refractivity contribution in [3.63, 3.8) is 0 Å². The summed E-state index contributed by atoms with van der Waals surface area (Å²) in [7, 11) is 0. The SMILES string of the molecule is CC.CCn1cccn1. The fourth-order valence-electron chi connectivity index (χ4n) is 0.488. The third-order valence-corrected chi connectivity index (χ3v) is 0.883. The molecule has 0 radical (unpaired) electrons. The predicted octanol–water partition coefficient (Wildman–Crippen LogP) is 1.93. The van der Waals surface area contributed by atoms with E-state index in [1.54, 1.807) is 6.20 Å².